The number of carbonyl (C=O) groups excluding carboxylic acids is 1. The van der Waals surface area contributed by atoms with Crippen molar-refractivity contribution in [2.45, 2.75) is 40.2 Å². The van der Waals surface area contributed by atoms with E-state index in [1.165, 1.54) is 0 Å². The SMILES string of the molecule is CCOc1cccc(CNC(=O)C(CC)(CC)CN)c1.Cl. The van der Waals surface area contributed by atoms with Crippen LogP contribution in [0.1, 0.15) is 39.2 Å². The number of hydrogen-bond donors (Lipinski definition) is 2. The molecule has 0 aliphatic carbocycles. The minimum absolute atomic E-state index is 0. The number of rotatable bonds is 8. The summed E-state index contributed by atoms with van der Waals surface area (Å²) in [6.45, 7) is 7.48. The molecule has 0 heterocycles. The number of benzene rings is 1. The van der Waals surface area contributed by atoms with Gasteiger partial charge in [-0.3, -0.25) is 4.79 Å². The molecule has 0 unspecified atom stereocenters. The molecule has 0 aliphatic rings. The Labute approximate surface area is 133 Å². The van der Waals surface area contributed by atoms with Gasteiger partial charge in [-0.05, 0) is 37.5 Å². The van der Waals surface area contributed by atoms with Crippen molar-refractivity contribution in [1.29, 1.82) is 0 Å². The highest BCUT2D eigenvalue weighted by Gasteiger charge is 2.32. The molecule has 0 bridgehead atoms. The van der Waals surface area contributed by atoms with Crippen molar-refractivity contribution in [2.24, 2.45) is 11.1 Å². The maximum atomic E-state index is 12.3. The topological polar surface area (TPSA) is 64.3 Å². The Morgan fingerprint density at radius 1 is 1.29 bits per heavy atom. The van der Waals surface area contributed by atoms with Gasteiger partial charge in [-0.25, -0.2) is 0 Å². The highest BCUT2D eigenvalue weighted by molar-refractivity contribution is 5.85. The van der Waals surface area contributed by atoms with Crippen LogP contribution < -0.4 is 15.8 Å². The first kappa shape index (κ1) is 19.7. The molecule has 0 saturated carbocycles. The molecule has 1 rings (SSSR count). The van der Waals surface area contributed by atoms with Crippen LogP contribution in [0.25, 0.3) is 0 Å². The molecular weight excluding hydrogens is 288 g/mol. The Hall–Kier alpha value is -1.26. The van der Waals surface area contributed by atoms with E-state index in [9.17, 15) is 4.79 Å². The summed E-state index contributed by atoms with van der Waals surface area (Å²) in [5, 5.41) is 2.99. The standard InChI is InChI=1S/C16H26N2O2.ClH/c1-4-16(5-2,12-17)15(19)18-11-13-8-7-9-14(10-13)20-6-3;/h7-10H,4-6,11-12,17H2,1-3H3,(H,18,19);1H. The van der Waals surface area contributed by atoms with Gasteiger partial charge in [0.25, 0.3) is 0 Å². The number of hydrogen-bond acceptors (Lipinski definition) is 3. The lowest BCUT2D eigenvalue weighted by Crippen LogP contribution is -2.45. The summed E-state index contributed by atoms with van der Waals surface area (Å²) in [5.41, 5.74) is 6.36. The van der Waals surface area contributed by atoms with Gasteiger partial charge in [-0.2, -0.15) is 0 Å². The fourth-order valence-corrected chi connectivity index (χ4v) is 2.23. The van der Waals surface area contributed by atoms with Crippen LogP contribution in [0.5, 0.6) is 5.75 Å². The number of nitrogens with one attached hydrogen (secondary N) is 1. The molecule has 0 fully saturated rings. The average Bonchev–Trinajstić information content (AvgIpc) is 2.48. The van der Waals surface area contributed by atoms with Gasteiger partial charge in [-0.15, -0.1) is 12.4 Å². The van der Waals surface area contributed by atoms with Crippen LogP contribution in [0.4, 0.5) is 0 Å². The molecule has 1 amide bonds. The second kappa shape index (κ2) is 9.64. The van der Waals surface area contributed by atoms with Crippen LogP contribution >= 0.6 is 12.4 Å². The average molecular weight is 315 g/mol. The van der Waals surface area contributed by atoms with E-state index in [1.54, 1.807) is 0 Å². The van der Waals surface area contributed by atoms with Gasteiger partial charge in [0.15, 0.2) is 0 Å². The Morgan fingerprint density at radius 3 is 2.48 bits per heavy atom. The predicted molar refractivity (Wildman–Crippen MR) is 88.8 cm³/mol. The van der Waals surface area contributed by atoms with Crippen molar-refractivity contribution in [3.05, 3.63) is 29.8 Å². The predicted octanol–water partition coefficient (Wildman–Crippen LogP) is 2.89. The van der Waals surface area contributed by atoms with Crippen molar-refractivity contribution in [3.8, 4) is 5.75 Å². The Morgan fingerprint density at radius 2 is 1.95 bits per heavy atom. The Kier molecular flexibility index (Phi) is 9.06. The minimum Gasteiger partial charge on any atom is -0.494 e. The van der Waals surface area contributed by atoms with Gasteiger partial charge in [0.2, 0.25) is 5.91 Å². The molecule has 4 nitrogen and oxygen atoms in total. The van der Waals surface area contributed by atoms with Gasteiger partial charge in [0.1, 0.15) is 5.75 Å². The van der Waals surface area contributed by atoms with Crippen LogP contribution in [0.2, 0.25) is 0 Å². The number of carbonyl (C=O) groups is 1. The van der Waals surface area contributed by atoms with E-state index >= 15 is 0 Å². The summed E-state index contributed by atoms with van der Waals surface area (Å²) in [7, 11) is 0. The largest absolute Gasteiger partial charge is 0.494 e. The van der Waals surface area contributed by atoms with Crippen molar-refractivity contribution >= 4 is 18.3 Å². The highest BCUT2D eigenvalue weighted by atomic mass is 35.5. The molecule has 120 valence electrons. The molecule has 0 radical (unpaired) electrons. The molecule has 21 heavy (non-hydrogen) atoms. The normalized spacial score (nSPS) is 10.7. The molecule has 1 aromatic carbocycles. The fraction of sp³-hybridized carbons (Fsp3) is 0.562. The summed E-state index contributed by atoms with van der Waals surface area (Å²) in [5.74, 6) is 0.863. The first-order valence-corrected chi connectivity index (χ1v) is 7.32. The van der Waals surface area contributed by atoms with Gasteiger partial charge < -0.3 is 15.8 Å². The van der Waals surface area contributed by atoms with Crippen LogP contribution in [0, 0.1) is 5.41 Å². The third-order valence-corrected chi connectivity index (χ3v) is 3.89. The summed E-state index contributed by atoms with van der Waals surface area (Å²) in [4.78, 5) is 12.3. The van der Waals surface area contributed by atoms with Crippen molar-refractivity contribution in [2.75, 3.05) is 13.2 Å². The molecule has 5 heteroatoms. The van der Waals surface area contributed by atoms with E-state index in [0.717, 1.165) is 24.2 Å². The molecule has 0 aromatic heterocycles. The van der Waals surface area contributed by atoms with E-state index in [4.69, 9.17) is 10.5 Å². The van der Waals surface area contributed by atoms with Crippen LogP contribution in [-0.2, 0) is 11.3 Å². The van der Waals surface area contributed by atoms with Crippen LogP contribution in [-0.4, -0.2) is 19.1 Å². The quantitative estimate of drug-likeness (QED) is 0.775. The summed E-state index contributed by atoms with van der Waals surface area (Å²) >= 11 is 0. The summed E-state index contributed by atoms with van der Waals surface area (Å²) < 4.78 is 5.45. The zero-order valence-electron chi connectivity index (χ0n) is 13.1. The van der Waals surface area contributed by atoms with Crippen LogP contribution in [0.15, 0.2) is 24.3 Å². The maximum absolute atomic E-state index is 12.3. The number of halogens is 1. The Bertz CT molecular complexity index is 426. The van der Waals surface area contributed by atoms with Gasteiger partial charge in [0.05, 0.1) is 12.0 Å². The molecule has 3 N–H and O–H groups in total. The summed E-state index contributed by atoms with van der Waals surface area (Å²) in [6, 6.07) is 7.77. The maximum Gasteiger partial charge on any atom is 0.227 e. The van der Waals surface area contributed by atoms with Crippen LogP contribution in [0.3, 0.4) is 0 Å². The van der Waals surface area contributed by atoms with E-state index in [2.05, 4.69) is 5.32 Å². The molecular formula is C16H27ClN2O2. The van der Waals surface area contributed by atoms with E-state index in [0.29, 0.717) is 19.7 Å². The third-order valence-electron chi connectivity index (χ3n) is 3.89. The monoisotopic (exact) mass is 314 g/mol. The molecule has 0 spiro atoms. The Balaban J connectivity index is 0.00000400. The fourth-order valence-electron chi connectivity index (χ4n) is 2.23. The third kappa shape index (κ3) is 5.21. The second-order valence-corrected chi connectivity index (χ2v) is 4.95. The first-order chi connectivity index (χ1) is 9.61. The minimum atomic E-state index is -0.447. The molecule has 0 atom stereocenters. The first-order valence-electron chi connectivity index (χ1n) is 7.32. The number of ether oxygens (including phenoxy) is 1. The molecule has 0 aliphatic heterocycles. The number of amides is 1. The number of nitrogens with two attached hydrogens (primary N) is 1. The summed E-state index contributed by atoms with van der Waals surface area (Å²) in [6.07, 6.45) is 1.51. The van der Waals surface area contributed by atoms with E-state index < -0.39 is 5.41 Å². The zero-order chi connectivity index (χ0) is 15.0. The smallest absolute Gasteiger partial charge is 0.227 e. The molecule has 0 saturated heterocycles. The lowest BCUT2D eigenvalue weighted by molar-refractivity contribution is -0.131. The van der Waals surface area contributed by atoms with Gasteiger partial charge >= 0.3 is 0 Å². The lowest BCUT2D eigenvalue weighted by Gasteiger charge is -2.28. The van der Waals surface area contributed by atoms with Crippen molar-refractivity contribution in [3.63, 3.8) is 0 Å². The second-order valence-electron chi connectivity index (χ2n) is 4.95. The van der Waals surface area contributed by atoms with E-state index in [-0.39, 0.29) is 18.3 Å². The van der Waals surface area contributed by atoms with Gasteiger partial charge in [-0.1, -0.05) is 26.0 Å². The molecule has 1 aromatic rings. The van der Waals surface area contributed by atoms with Crippen molar-refractivity contribution < 1.29 is 9.53 Å². The van der Waals surface area contributed by atoms with Crippen molar-refractivity contribution in [1.82, 2.24) is 5.32 Å². The highest BCUT2D eigenvalue weighted by Crippen LogP contribution is 2.25. The lowest BCUT2D eigenvalue weighted by atomic mass is 9.81. The van der Waals surface area contributed by atoms with Gasteiger partial charge in [0, 0.05) is 13.1 Å². The zero-order valence-corrected chi connectivity index (χ0v) is 14.0. The van der Waals surface area contributed by atoms with E-state index in [1.807, 2.05) is 45.0 Å².